The number of aryl methyl sites for hydroxylation is 1. The second kappa shape index (κ2) is 8.03. The highest BCUT2D eigenvalue weighted by Gasteiger charge is 2.27. The Morgan fingerprint density at radius 3 is 2.68 bits per heavy atom. The van der Waals surface area contributed by atoms with Crippen molar-refractivity contribution in [2.75, 3.05) is 26.3 Å². The molecule has 1 aliphatic carbocycles. The maximum absolute atomic E-state index is 12.9. The lowest BCUT2D eigenvalue weighted by Gasteiger charge is -2.27. The summed E-state index contributed by atoms with van der Waals surface area (Å²) < 4.78 is 32.4. The number of benzene rings is 2. The molecule has 0 aromatic heterocycles. The van der Waals surface area contributed by atoms with Crippen molar-refractivity contribution in [1.29, 1.82) is 0 Å². The third-order valence-electron chi connectivity index (χ3n) is 5.38. The van der Waals surface area contributed by atoms with Gasteiger partial charge in [0.2, 0.25) is 10.0 Å². The van der Waals surface area contributed by atoms with Gasteiger partial charge in [-0.15, -0.1) is 0 Å². The molecule has 1 heterocycles. The van der Waals surface area contributed by atoms with E-state index in [4.69, 9.17) is 4.74 Å². The van der Waals surface area contributed by atoms with Crippen LogP contribution in [-0.4, -0.2) is 44.9 Å². The Kier molecular flexibility index (Phi) is 5.48. The Bertz CT molecular complexity index is 968. The van der Waals surface area contributed by atoms with Gasteiger partial charge in [0.1, 0.15) is 0 Å². The second-order valence-electron chi connectivity index (χ2n) is 7.16. The highest BCUT2D eigenvalue weighted by molar-refractivity contribution is 7.89. The van der Waals surface area contributed by atoms with Gasteiger partial charge >= 0.3 is 0 Å². The van der Waals surface area contributed by atoms with Gasteiger partial charge in [0.05, 0.1) is 24.2 Å². The summed E-state index contributed by atoms with van der Waals surface area (Å²) in [6, 6.07) is 14.4. The Morgan fingerprint density at radius 2 is 1.86 bits per heavy atom. The molecule has 2 aliphatic rings. The number of nitrogens with one attached hydrogen (secondary N) is 1. The van der Waals surface area contributed by atoms with E-state index in [0.717, 1.165) is 24.8 Å². The summed E-state index contributed by atoms with van der Waals surface area (Å²) in [7, 11) is -3.63. The summed E-state index contributed by atoms with van der Waals surface area (Å²) in [6.45, 7) is 1.44. The zero-order valence-electron chi connectivity index (χ0n) is 15.6. The Hall–Kier alpha value is -2.22. The van der Waals surface area contributed by atoms with Crippen LogP contribution in [0.15, 0.2) is 53.4 Å². The van der Waals surface area contributed by atoms with Crippen LogP contribution in [0.1, 0.15) is 40.4 Å². The third kappa shape index (κ3) is 3.83. The molecule has 1 fully saturated rings. The fourth-order valence-corrected chi connectivity index (χ4v) is 5.33. The molecule has 1 saturated heterocycles. The van der Waals surface area contributed by atoms with Gasteiger partial charge in [-0.05, 0) is 48.6 Å². The second-order valence-corrected chi connectivity index (χ2v) is 9.10. The highest BCUT2D eigenvalue weighted by atomic mass is 32.2. The predicted molar refractivity (Wildman–Crippen MR) is 106 cm³/mol. The van der Waals surface area contributed by atoms with E-state index in [0.29, 0.717) is 31.9 Å². The molecule has 0 unspecified atom stereocenters. The van der Waals surface area contributed by atoms with Crippen molar-refractivity contribution < 1.29 is 17.9 Å². The van der Waals surface area contributed by atoms with Crippen molar-refractivity contribution in [3.8, 4) is 0 Å². The van der Waals surface area contributed by atoms with Gasteiger partial charge in [-0.2, -0.15) is 4.31 Å². The van der Waals surface area contributed by atoms with Gasteiger partial charge in [0.25, 0.3) is 5.91 Å². The van der Waals surface area contributed by atoms with E-state index in [9.17, 15) is 13.2 Å². The van der Waals surface area contributed by atoms with Crippen LogP contribution < -0.4 is 5.32 Å². The van der Waals surface area contributed by atoms with Crippen molar-refractivity contribution in [2.24, 2.45) is 0 Å². The number of carbonyl (C=O) groups excluding carboxylic acids is 1. The molecule has 2 aromatic rings. The van der Waals surface area contributed by atoms with Crippen molar-refractivity contribution in [3.63, 3.8) is 0 Å². The van der Waals surface area contributed by atoms with E-state index in [-0.39, 0.29) is 16.8 Å². The van der Waals surface area contributed by atoms with Gasteiger partial charge in [-0.3, -0.25) is 4.79 Å². The zero-order valence-corrected chi connectivity index (χ0v) is 16.5. The van der Waals surface area contributed by atoms with Crippen molar-refractivity contribution in [3.05, 3.63) is 65.2 Å². The van der Waals surface area contributed by atoms with Crippen molar-refractivity contribution >= 4 is 15.9 Å². The van der Waals surface area contributed by atoms with E-state index in [2.05, 4.69) is 17.4 Å². The van der Waals surface area contributed by atoms with Crippen LogP contribution in [0.4, 0.5) is 0 Å². The van der Waals surface area contributed by atoms with Gasteiger partial charge in [0.15, 0.2) is 0 Å². The molecule has 1 N–H and O–H groups in total. The van der Waals surface area contributed by atoms with Gasteiger partial charge in [-0.1, -0.05) is 30.3 Å². The summed E-state index contributed by atoms with van der Waals surface area (Å²) in [5.74, 6) is -0.249. The number of ether oxygens (including phenoxy) is 1. The average molecular weight is 401 g/mol. The Balaban J connectivity index is 1.54. The summed E-state index contributed by atoms with van der Waals surface area (Å²) in [6.07, 6.45) is 2.93. The molecule has 0 radical (unpaired) electrons. The van der Waals surface area contributed by atoms with Gasteiger partial charge < -0.3 is 10.1 Å². The predicted octanol–water partition coefficient (Wildman–Crippen LogP) is 2.51. The minimum absolute atomic E-state index is 0.0445. The lowest BCUT2D eigenvalue weighted by molar-refractivity contribution is 0.0730. The molecular formula is C21H24N2O4S. The monoisotopic (exact) mass is 400 g/mol. The largest absolute Gasteiger partial charge is 0.379 e. The summed E-state index contributed by atoms with van der Waals surface area (Å²) in [5, 5.41) is 3.08. The first-order chi connectivity index (χ1) is 13.6. The normalized spacial score (nSPS) is 20.4. The number of rotatable bonds is 4. The molecular weight excluding hydrogens is 376 g/mol. The SMILES string of the molecule is O=C(N[C@@H]1CCCc2ccccc21)c1cccc(S(=O)(=O)N2CCOCC2)c1. The van der Waals surface area contributed by atoms with Crippen LogP contribution in [0.25, 0.3) is 0 Å². The van der Waals surface area contributed by atoms with E-state index < -0.39 is 10.0 Å². The number of sulfonamides is 1. The molecule has 2 aromatic carbocycles. The molecule has 7 heteroatoms. The molecule has 0 bridgehead atoms. The van der Waals surface area contributed by atoms with E-state index >= 15 is 0 Å². The maximum atomic E-state index is 12.9. The van der Waals surface area contributed by atoms with Crippen LogP contribution in [0.5, 0.6) is 0 Å². The number of nitrogens with zero attached hydrogens (tertiary/aromatic N) is 1. The minimum atomic E-state index is -3.63. The molecule has 4 rings (SSSR count). The van der Waals surface area contributed by atoms with E-state index in [1.165, 1.54) is 22.0 Å². The lowest BCUT2D eigenvalue weighted by Crippen LogP contribution is -2.40. The number of amides is 1. The average Bonchev–Trinajstić information content (AvgIpc) is 2.75. The summed E-state index contributed by atoms with van der Waals surface area (Å²) in [5.41, 5.74) is 2.78. The third-order valence-corrected chi connectivity index (χ3v) is 7.27. The van der Waals surface area contributed by atoms with E-state index in [1.807, 2.05) is 12.1 Å². The molecule has 0 saturated carbocycles. The number of fused-ring (bicyclic) bond motifs is 1. The Labute approximate surface area is 165 Å². The topological polar surface area (TPSA) is 75.7 Å². The van der Waals surface area contributed by atoms with Crippen molar-refractivity contribution in [1.82, 2.24) is 9.62 Å². The number of hydrogen-bond donors (Lipinski definition) is 1. The zero-order chi connectivity index (χ0) is 19.6. The van der Waals surface area contributed by atoms with Gasteiger partial charge in [0, 0.05) is 18.7 Å². The van der Waals surface area contributed by atoms with Crippen LogP contribution in [0.2, 0.25) is 0 Å². The quantitative estimate of drug-likeness (QED) is 0.856. The number of morpholine rings is 1. The number of carbonyl (C=O) groups is 1. The van der Waals surface area contributed by atoms with Gasteiger partial charge in [-0.25, -0.2) is 8.42 Å². The molecule has 1 amide bonds. The van der Waals surface area contributed by atoms with Crippen LogP contribution in [0.3, 0.4) is 0 Å². The Morgan fingerprint density at radius 1 is 1.07 bits per heavy atom. The molecule has 1 atom stereocenters. The van der Waals surface area contributed by atoms with Crippen LogP contribution in [-0.2, 0) is 21.2 Å². The minimum Gasteiger partial charge on any atom is -0.379 e. The van der Waals surface area contributed by atoms with Crippen LogP contribution >= 0.6 is 0 Å². The smallest absolute Gasteiger partial charge is 0.251 e. The van der Waals surface area contributed by atoms with Crippen molar-refractivity contribution in [2.45, 2.75) is 30.2 Å². The molecule has 0 spiro atoms. The molecule has 148 valence electrons. The maximum Gasteiger partial charge on any atom is 0.251 e. The lowest BCUT2D eigenvalue weighted by atomic mass is 9.87. The fraction of sp³-hybridized carbons (Fsp3) is 0.381. The van der Waals surface area contributed by atoms with Crippen LogP contribution in [0, 0.1) is 0 Å². The molecule has 28 heavy (non-hydrogen) atoms. The highest BCUT2D eigenvalue weighted by Crippen LogP contribution is 2.29. The molecule has 1 aliphatic heterocycles. The fourth-order valence-electron chi connectivity index (χ4n) is 3.88. The standard InChI is InChI=1S/C21H24N2O4S/c24-21(22-20-10-4-6-16-5-1-2-9-19(16)20)17-7-3-8-18(15-17)28(25,26)23-11-13-27-14-12-23/h1-3,5,7-9,15,20H,4,6,10-14H2,(H,22,24)/t20-/m1/s1. The summed E-state index contributed by atoms with van der Waals surface area (Å²) >= 11 is 0. The first kappa shape index (κ1) is 19.1. The van der Waals surface area contributed by atoms with E-state index in [1.54, 1.807) is 12.1 Å². The summed E-state index contributed by atoms with van der Waals surface area (Å²) in [4.78, 5) is 13.0. The first-order valence-electron chi connectivity index (χ1n) is 9.62. The first-order valence-corrected chi connectivity index (χ1v) is 11.1. The number of hydrogen-bond acceptors (Lipinski definition) is 4. The molecule has 6 nitrogen and oxygen atoms in total.